The Morgan fingerprint density at radius 1 is 1.29 bits per heavy atom. The summed E-state index contributed by atoms with van der Waals surface area (Å²) in [4.78, 5) is 23.8. The number of rotatable bonds is 4. The maximum atomic E-state index is 12.2. The molecule has 114 valence electrons. The highest BCUT2D eigenvalue weighted by molar-refractivity contribution is 7.91. The third kappa shape index (κ3) is 3.24. The summed E-state index contributed by atoms with van der Waals surface area (Å²) in [5.74, 6) is -2.66. The second kappa shape index (κ2) is 5.48. The highest BCUT2D eigenvalue weighted by atomic mass is 32.2. The van der Waals surface area contributed by atoms with Crippen molar-refractivity contribution in [3.05, 3.63) is 35.9 Å². The summed E-state index contributed by atoms with van der Waals surface area (Å²) in [5, 5.41) is 11.9. The average molecular weight is 311 g/mol. The van der Waals surface area contributed by atoms with Crippen LogP contribution in [0.2, 0.25) is 0 Å². The van der Waals surface area contributed by atoms with Crippen LogP contribution < -0.4 is 5.32 Å². The van der Waals surface area contributed by atoms with Crippen LogP contribution in [0.25, 0.3) is 0 Å². The number of carboxylic acid groups (broad SMARTS) is 1. The molecule has 6 nitrogen and oxygen atoms in total. The molecule has 0 spiro atoms. The van der Waals surface area contributed by atoms with E-state index in [-0.39, 0.29) is 17.9 Å². The van der Waals surface area contributed by atoms with Crippen LogP contribution in [0.4, 0.5) is 0 Å². The molecular formula is C14H17NO5S. The SMILES string of the molecule is CC(NC(=O)C1CCS(=O)(=O)C1)(C(=O)O)c1ccccc1. The predicted molar refractivity (Wildman–Crippen MR) is 76.3 cm³/mol. The van der Waals surface area contributed by atoms with Gasteiger partial charge in [-0.1, -0.05) is 30.3 Å². The van der Waals surface area contributed by atoms with Gasteiger partial charge in [0.15, 0.2) is 15.4 Å². The molecule has 1 heterocycles. The number of aliphatic carboxylic acids is 1. The van der Waals surface area contributed by atoms with Crippen LogP contribution in [0.15, 0.2) is 30.3 Å². The number of carbonyl (C=O) groups excluding carboxylic acids is 1. The molecule has 0 radical (unpaired) electrons. The number of carbonyl (C=O) groups is 2. The van der Waals surface area contributed by atoms with Gasteiger partial charge in [0.2, 0.25) is 5.91 Å². The van der Waals surface area contributed by atoms with Crippen molar-refractivity contribution < 1.29 is 23.1 Å². The van der Waals surface area contributed by atoms with Crippen molar-refractivity contribution in [2.75, 3.05) is 11.5 Å². The molecule has 1 saturated heterocycles. The lowest BCUT2D eigenvalue weighted by Gasteiger charge is -2.28. The summed E-state index contributed by atoms with van der Waals surface area (Å²) >= 11 is 0. The molecule has 1 fully saturated rings. The fourth-order valence-electron chi connectivity index (χ4n) is 2.37. The highest BCUT2D eigenvalue weighted by Gasteiger charge is 2.41. The molecule has 0 aromatic heterocycles. The Morgan fingerprint density at radius 2 is 1.90 bits per heavy atom. The molecule has 0 bridgehead atoms. The van der Waals surface area contributed by atoms with Crippen molar-refractivity contribution in [1.82, 2.24) is 5.32 Å². The van der Waals surface area contributed by atoms with Crippen molar-refractivity contribution in [3.63, 3.8) is 0 Å². The third-order valence-electron chi connectivity index (χ3n) is 3.76. The van der Waals surface area contributed by atoms with E-state index >= 15 is 0 Å². The van der Waals surface area contributed by atoms with Crippen molar-refractivity contribution in [2.24, 2.45) is 5.92 Å². The van der Waals surface area contributed by atoms with Crippen LogP contribution in [0, 0.1) is 5.92 Å². The fourth-order valence-corrected chi connectivity index (χ4v) is 4.11. The summed E-state index contributed by atoms with van der Waals surface area (Å²) in [7, 11) is -3.19. The lowest BCUT2D eigenvalue weighted by Crippen LogP contribution is -2.51. The molecule has 7 heteroatoms. The second-order valence-corrected chi connectivity index (χ2v) is 7.61. The molecule has 21 heavy (non-hydrogen) atoms. The van der Waals surface area contributed by atoms with Gasteiger partial charge < -0.3 is 10.4 Å². The van der Waals surface area contributed by atoms with Crippen LogP contribution in [0.1, 0.15) is 18.9 Å². The topological polar surface area (TPSA) is 101 Å². The van der Waals surface area contributed by atoms with Crippen molar-refractivity contribution >= 4 is 21.7 Å². The van der Waals surface area contributed by atoms with Crippen LogP contribution >= 0.6 is 0 Å². The largest absolute Gasteiger partial charge is 0.479 e. The van der Waals surface area contributed by atoms with E-state index in [9.17, 15) is 23.1 Å². The first-order chi connectivity index (χ1) is 9.74. The van der Waals surface area contributed by atoms with Gasteiger partial charge in [-0.15, -0.1) is 0 Å². The van der Waals surface area contributed by atoms with Gasteiger partial charge in [0, 0.05) is 0 Å². The number of hydrogen-bond donors (Lipinski definition) is 2. The number of nitrogens with one attached hydrogen (secondary N) is 1. The molecule has 1 aromatic carbocycles. The summed E-state index contributed by atoms with van der Waals surface area (Å²) in [6, 6.07) is 8.34. The highest BCUT2D eigenvalue weighted by Crippen LogP contribution is 2.24. The smallest absolute Gasteiger partial charge is 0.333 e. The molecule has 2 N–H and O–H groups in total. The zero-order valence-electron chi connectivity index (χ0n) is 11.6. The maximum Gasteiger partial charge on any atom is 0.333 e. The minimum atomic E-state index is -3.19. The third-order valence-corrected chi connectivity index (χ3v) is 5.52. The molecule has 1 aromatic rings. The van der Waals surface area contributed by atoms with Gasteiger partial charge in [-0.3, -0.25) is 4.79 Å². The standard InChI is InChI=1S/C14H17NO5S/c1-14(13(17)18,11-5-3-2-4-6-11)15-12(16)10-7-8-21(19,20)9-10/h2-6,10H,7-9H2,1H3,(H,15,16)(H,17,18). The quantitative estimate of drug-likeness (QED) is 0.845. The van der Waals surface area contributed by atoms with Crippen LogP contribution in [0.3, 0.4) is 0 Å². The molecular weight excluding hydrogens is 294 g/mol. The van der Waals surface area contributed by atoms with Gasteiger partial charge in [-0.2, -0.15) is 0 Å². The van der Waals surface area contributed by atoms with E-state index < -0.39 is 33.2 Å². The van der Waals surface area contributed by atoms with Gasteiger partial charge in [0.05, 0.1) is 17.4 Å². The number of carboxylic acids is 1. The Morgan fingerprint density at radius 3 is 2.38 bits per heavy atom. The van der Waals surface area contributed by atoms with E-state index in [0.717, 1.165) is 0 Å². The summed E-state index contributed by atoms with van der Waals surface area (Å²) in [6.07, 6.45) is 0.235. The molecule has 0 saturated carbocycles. The zero-order valence-corrected chi connectivity index (χ0v) is 12.4. The zero-order chi connectivity index (χ0) is 15.7. The molecule has 1 aliphatic rings. The number of benzene rings is 1. The summed E-state index contributed by atoms with van der Waals surface area (Å²) in [5.41, 5.74) is -1.14. The predicted octanol–water partition coefficient (Wildman–Crippen LogP) is 0.537. The van der Waals surface area contributed by atoms with E-state index in [2.05, 4.69) is 5.32 Å². The Kier molecular flexibility index (Phi) is 4.04. The van der Waals surface area contributed by atoms with Crippen molar-refractivity contribution in [1.29, 1.82) is 0 Å². The minimum absolute atomic E-state index is 0.0276. The van der Waals surface area contributed by atoms with Gasteiger partial charge >= 0.3 is 5.97 Å². The molecule has 1 amide bonds. The van der Waals surface area contributed by atoms with Gasteiger partial charge in [-0.05, 0) is 18.9 Å². The minimum Gasteiger partial charge on any atom is -0.479 e. The Labute approximate surface area is 123 Å². The van der Waals surface area contributed by atoms with E-state index in [1.807, 2.05) is 0 Å². The van der Waals surface area contributed by atoms with Crippen molar-refractivity contribution in [3.8, 4) is 0 Å². The van der Waals surface area contributed by atoms with Crippen molar-refractivity contribution in [2.45, 2.75) is 18.9 Å². The fraction of sp³-hybridized carbons (Fsp3) is 0.429. The molecule has 0 aliphatic carbocycles. The van der Waals surface area contributed by atoms with Crippen LogP contribution in [-0.4, -0.2) is 36.9 Å². The molecule has 2 atom stereocenters. The van der Waals surface area contributed by atoms with E-state index in [1.165, 1.54) is 6.92 Å². The maximum absolute atomic E-state index is 12.2. The first-order valence-electron chi connectivity index (χ1n) is 6.56. The first kappa shape index (κ1) is 15.5. The monoisotopic (exact) mass is 311 g/mol. The van der Waals surface area contributed by atoms with Crippen LogP contribution in [-0.2, 0) is 25.0 Å². The van der Waals surface area contributed by atoms with Crippen LogP contribution in [0.5, 0.6) is 0 Å². The number of amides is 1. The molecule has 1 aliphatic heterocycles. The summed E-state index contributed by atoms with van der Waals surface area (Å²) < 4.78 is 22.8. The second-order valence-electron chi connectivity index (χ2n) is 5.39. The normalized spacial score (nSPS) is 23.2. The van der Waals surface area contributed by atoms with Gasteiger partial charge in [0.25, 0.3) is 0 Å². The van der Waals surface area contributed by atoms with E-state index in [1.54, 1.807) is 30.3 Å². The lowest BCUT2D eigenvalue weighted by molar-refractivity contribution is -0.148. The van der Waals surface area contributed by atoms with E-state index in [0.29, 0.717) is 5.56 Å². The average Bonchev–Trinajstić information content (AvgIpc) is 2.80. The Bertz CT molecular complexity index is 655. The molecule has 2 rings (SSSR count). The Hall–Kier alpha value is -1.89. The number of hydrogen-bond acceptors (Lipinski definition) is 4. The molecule has 2 unspecified atom stereocenters. The van der Waals surface area contributed by atoms with Gasteiger partial charge in [0.1, 0.15) is 0 Å². The van der Waals surface area contributed by atoms with Gasteiger partial charge in [-0.25, -0.2) is 13.2 Å². The first-order valence-corrected chi connectivity index (χ1v) is 8.38. The van der Waals surface area contributed by atoms with E-state index in [4.69, 9.17) is 0 Å². The lowest BCUT2D eigenvalue weighted by atomic mass is 9.91. The Balaban J connectivity index is 2.22. The number of sulfone groups is 1. The summed E-state index contributed by atoms with van der Waals surface area (Å²) in [6.45, 7) is 1.39.